The van der Waals surface area contributed by atoms with Crippen LogP contribution in [0.1, 0.15) is 36.0 Å². The molecule has 0 heterocycles. The van der Waals surface area contributed by atoms with Gasteiger partial charge in [0.05, 0.1) is 5.56 Å². The summed E-state index contributed by atoms with van der Waals surface area (Å²) in [6.45, 7) is 0. The number of thiol groups is 1. The molecule has 2 nitrogen and oxygen atoms in total. The topological polar surface area (TPSA) is 29.1 Å². The van der Waals surface area contributed by atoms with E-state index < -0.39 is 0 Å². The van der Waals surface area contributed by atoms with E-state index in [1.807, 2.05) is 18.2 Å². The molecule has 0 atom stereocenters. The van der Waals surface area contributed by atoms with E-state index in [-0.39, 0.29) is 5.91 Å². The maximum atomic E-state index is 12.3. The quantitative estimate of drug-likeness (QED) is 0.813. The van der Waals surface area contributed by atoms with Crippen LogP contribution >= 0.6 is 28.6 Å². The fraction of sp³-hybridized carbons (Fsp3) is 0.500. The number of hydrogen-bond acceptors (Lipinski definition) is 2. The van der Waals surface area contributed by atoms with E-state index in [4.69, 9.17) is 0 Å². The molecule has 4 heteroatoms. The first-order valence-electron chi connectivity index (χ1n) is 6.44. The molecule has 2 saturated carbocycles. The van der Waals surface area contributed by atoms with Crippen LogP contribution in [0.25, 0.3) is 0 Å². The van der Waals surface area contributed by atoms with Gasteiger partial charge in [0.2, 0.25) is 0 Å². The highest BCUT2D eigenvalue weighted by atomic mass is 79.9. The van der Waals surface area contributed by atoms with Gasteiger partial charge in [-0.25, -0.2) is 0 Å². The average Bonchev–Trinajstić information content (AvgIpc) is 3.21. The van der Waals surface area contributed by atoms with Crippen LogP contribution in [0.3, 0.4) is 0 Å². The molecule has 1 amide bonds. The van der Waals surface area contributed by atoms with E-state index >= 15 is 0 Å². The van der Waals surface area contributed by atoms with Crippen molar-refractivity contribution in [2.75, 3.05) is 0 Å². The lowest BCUT2D eigenvalue weighted by Gasteiger charge is -2.18. The van der Waals surface area contributed by atoms with Crippen LogP contribution in [0.2, 0.25) is 0 Å². The lowest BCUT2D eigenvalue weighted by Crippen LogP contribution is -2.38. The number of carbonyl (C=O) groups is 1. The minimum Gasteiger partial charge on any atom is -0.349 e. The van der Waals surface area contributed by atoms with E-state index in [1.165, 1.54) is 25.7 Å². The monoisotopic (exact) mass is 325 g/mol. The van der Waals surface area contributed by atoms with Crippen LogP contribution in [-0.4, -0.2) is 11.9 Å². The molecule has 2 aliphatic rings. The Morgan fingerprint density at radius 2 is 1.89 bits per heavy atom. The number of amides is 1. The number of carbonyl (C=O) groups excluding carboxylic acids is 1. The molecular formula is C14H16BrNOS. The molecule has 1 aromatic rings. The molecule has 0 aromatic heterocycles. The van der Waals surface area contributed by atoms with Gasteiger partial charge < -0.3 is 5.32 Å². The average molecular weight is 326 g/mol. The van der Waals surface area contributed by atoms with E-state index in [9.17, 15) is 4.79 Å². The van der Waals surface area contributed by atoms with Gasteiger partial charge in [0.15, 0.2) is 0 Å². The molecule has 0 aliphatic heterocycles. The Bertz CT molecular complexity index is 471. The molecule has 2 fully saturated rings. The predicted octanol–water partition coefficient (Wildman–Crippen LogP) is 3.66. The third kappa shape index (κ3) is 2.75. The Kier molecular flexibility index (Phi) is 3.41. The standard InChI is InChI=1S/C14H16BrNOS/c15-12-6-5-10(18)7-11(12)14(17)16-13(8-1-2-8)9-3-4-9/h5-9,13,18H,1-4H2,(H,16,17). The van der Waals surface area contributed by atoms with E-state index in [1.54, 1.807) is 0 Å². The molecule has 2 aliphatic carbocycles. The van der Waals surface area contributed by atoms with Crippen LogP contribution in [0.5, 0.6) is 0 Å². The Morgan fingerprint density at radius 1 is 1.28 bits per heavy atom. The molecule has 96 valence electrons. The molecule has 0 bridgehead atoms. The summed E-state index contributed by atoms with van der Waals surface area (Å²) in [6, 6.07) is 5.97. The first kappa shape index (κ1) is 12.5. The van der Waals surface area contributed by atoms with Crippen molar-refractivity contribution in [2.45, 2.75) is 36.6 Å². The summed E-state index contributed by atoms with van der Waals surface area (Å²) in [4.78, 5) is 13.1. The molecular weight excluding hydrogens is 310 g/mol. The Hall–Kier alpha value is -0.480. The van der Waals surface area contributed by atoms with Gasteiger partial charge in [-0.3, -0.25) is 4.79 Å². The van der Waals surface area contributed by atoms with Crippen molar-refractivity contribution in [1.82, 2.24) is 5.32 Å². The minimum absolute atomic E-state index is 0.0292. The van der Waals surface area contributed by atoms with Crippen molar-refractivity contribution in [3.8, 4) is 0 Å². The van der Waals surface area contributed by atoms with E-state index in [0.717, 1.165) is 21.2 Å². The molecule has 0 spiro atoms. The van der Waals surface area contributed by atoms with Crippen molar-refractivity contribution in [3.63, 3.8) is 0 Å². The van der Waals surface area contributed by atoms with Gasteiger partial charge >= 0.3 is 0 Å². The Labute approximate surface area is 121 Å². The smallest absolute Gasteiger partial charge is 0.252 e. The second-order valence-electron chi connectivity index (χ2n) is 5.34. The molecule has 3 rings (SSSR count). The zero-order chi connectivity index (χ0) is 12.7. The van der Waals surface area contributed by atoms with Gasteiger partial charge in [0, 0.05) is 15.4 Å². The number of benzene rings is 1. The maximum Gasteiger partial charge on any atom is 0.252 e. The molecule has 0 unspecified atom stereocenters. The van der Waals surface area contributed by atoms with Crippen molar-refractivity contribution in [3.05, 3.63) is 28.2 Å². The van der Waals surface area contributed by atoms with E-state index in [2.05, 4.69) is 33.9 Å². The van der Waals surface area contributed by atoms with Crippen LogP contribution in [0.4, 0.5) is 0 Å². The normalized spacial score (nSPS) is 19.1. The van der Waals surface area contributed by atoms with Gasteiger partial charge in [-0.05, 0) is 71.6 Å². The third-order valence-corrected chi connectivity index (χ3v) is 4.72. The molecule has 0 radical (unpaired) electrons. The van der Waals surface area contributed by atoms with Gasteiger partial charge in [-0.1, -0.05) is 0 Å². The molecule has 1 N–H and O–H groups in total. The Balaban J connectivity index is 1.75. The largest absolute Gasteiger partial charge is 0.349 e. The first-order valence-corrected chi connectivity index (χ1v) is 7.68. The summed E-state index contributed by atoms with van der Waals surface area (Å²) >= 11 is 7.72. The van der Waals surface area contributed by atoms with Crippen LogP contribution in [-0.2, 0) is 0 Å². The summed E-state index contributed by atoms with van der Waals surface area (Å²) in [5, 5.41) is 3.22. The zero-order valence-electron chi connectivity index (χ0n) is 10.0. The summed E-state index contributed by atoms with van der Waals surface area (Å²) in [6.07, 6.45) is 5.09. The van der Waals surface area contributed by atoms with Crippen LogP contribution in [0.15, 0.2) is 27.6 Å². The maximum absolute atomic E-state index is 12.3. The third-order valence-electron chi connectivity index (χ3n) is 3.75. The van der Waals surface area contributed by atoms with Crippen molar-refractivity contribution >= 4 is 34.5 Å². The van der Waals surface area contributed by atoms with Crippen LogP contribution < -0.4 is 5.32 Å². The van der Waals surface area contributed by atoms with Gasteiger partial charge in [-0.2, -0.15) is 0 Å². The Morgan fingerprint density at radius 3 is 2.44 bits per heavy atom. The predicted molar refractivity (Wildman–Crippen MR) is 78.1 cm³/mol. The lowest BCUT2D eigenvalue weighted by atomic mass is 10.1. The molecule has 18 heavy (non-hydrogen) atoms. The SMILES string of the molecule is O=C(NC(C1CC1)C1CC1)c1cc(S)ccc1Br. The fourth-order valence-corrected chi connectivity index (χ4v) is 3.08. The molecule has 1 aromatic carbocycles. The summed E-state index contributed by atoms with van der Waals surface area (Å²) in [7, 11) is 0. The lowest BCUT2D eigenvalue weighted by molar-refractivity contribution is 0.0925. The second kappa shape index (κ2) is 4.89. The minimum atomic E-state index is 0.0292. The fourth-order valence-electron chi connectivity index (χ4n) is 2.45. The zero-order valence-corrected chi connectivity index (χ0v) is 12.5. The number of rotatable bonds is 4. The van der Waals surface area contributed by atoms with Crippen molar-refractivity contribution in [2.24, 2.45) is 11.8 Å². The second-order valence-corrected chi connectivity index (χ2v) is 6.71. The van der Waals surface area contributed by atoms with E-state index in [0.29, 0.717) is 11.6 Å². The van der Waals surface area contributed by atoms with Crippen molar-refractivity contribution in [1.29, 1.82) is 0 Å². The summed E-state index contributed by atoms with van der Waals surface area (Å²) < 4.78 is 0.836. The van der Waals surface area contributed by atoms with Crippen LogP contribution in [0, 0.1) is 11.8 Å². The number of halogens is 1. The number of hydrogen-bond donors (Lipinski definition) is 2. The molecule has 0 saturated heterocycles. The number of nitrogens with one attached hydrogen (secondary N) is 1. The van der Waals surface area contributed by atoms with Gasteiger partial charge in [0.25, 0.3) is 5.91 Å². The first-order chi connectivity index (χ1) is 8.65. The highest BCUT2D eigenvalue weighted by molar-refractivity contribution is 9.10. The highest BCUT2D eigenvalue weighted by Crippen LogP contribution is 2.44. The summed E-state index contributed by atoms with van der Waals surface area (Å²) in [5.74, 6) is 1.47. The summed E-state index contributed by atoms with van der Waals surface area (Å²) in [5.41, 5.74) is 0.689. The van der Waals surface area contributed by atoms with Crippen molar-refractivity contribution < 1.29 is 4.79 Å². The van der Waals surface area contributed by atoms with Gasteiger partial charge in [0.1, 0.15) is 0 Å². The van der Waals surface area contributed by atoms with Gasteiger partial charge in [-0.15, -0.1) is 12.6 Å². The highest BCUT2D eigenvalue weighted by Gasteiger charge is 2.42.